The number of likely N-dealkylation sites (tertiary alicyclic amines) is 1. The van der Waals surface area contributed by atoms with Gasteiger partial charge in [0.1, 0.15) is 11.5 Å². The van der Waals surface area contributed by atoms with Crippen LogP contribution in [0.15, 0.2) is 18.2 Å². The predicted molar refractivity (Wildman–Crippen MR) is 71.3 cm³/mol. The molecule has 1 atom stereocenters. The Morgan fingerprint density at radius 3 is 2.83 bits per heavy atom. The molecule has 1 aromatic rings. The molecule has 1 fully saturated rings. The van der Waals surface area contributed by atoms with Gasteiger partial charge in [-0.1, -0.05) is 6.42 Å². The summed E-state index contributed by atoms with van der Waals surface area (Å²) in [5.74, 6) is 1.97. The van der Waals surface area contributed by atoms with Crippen LogP contribution in [0.5, 0.6) is 11.5 Å². The maximum Gasteiger partial charge on any atom is 0.124 e. The van der Waals surface area contributed by atoms with Gasteiger partial charge in [-0.15, -0.1) is 0 Å². The summed E-state index contributed by atoms with van der Waals surface area (Å²) < 4.78 is 11.1. The first kappa shape index (κ1) is 11.8. The molecule has 98 valence electrons. The molecule has 3 rings (SSSR count). The average molecular weight is 247 g/mol. The summed E-state index contributed by atoms with van der Waals surface area (Å²) in [6.45, 7) is 3.28. The topological polar surface area (TPSA) is 21.7 Å². The molecule has 0 radical (unpaired) electrons. The fraction of sp³-hybridized carbons (Fsp3) is 0.600. The zero-order valence-corrected chi connectivity index (χ0v) is 11.0. The number of hydrogen-bond acceptors (Lipinski definition) is 3. The third kappa shape index (κ3) is 2.19. The van der Waals surface area contributed by atoms with Crippen molar-refractivity contribution in [1.82, 2.24) is 4.90 Å². The Balaban J connectivity index is 1.89. The fourth-order valence-corrected chi connectivity index (χ4v) is 3.09. The Morgan fingerprint density at radius 1 is 1.22 bits per heavy atom. The molecule has 1 unspecified atom stereocenters. The van der Waals surface area contributed by atoms with E-state index in [0.29, 0.717) is 6.04 Å². The Kier molecular flexibility index (Phi) is 3.41. The van der Waals surface area contributed by atoms with Crippen LogP contribution in [0.1, 0.15) is 37.3 Å². The summed E-state index contributed by atoms with van der Waals surface area (Å²) in [5.41, 5.74) is 1.31. The molecule has 0 spiro atoms. The monoisotopic (exact) mass is 247 g/mol. The third-order valence-corrected chi connectivity index (χ3v) is 4.06. The lowest BCUT2D eigenvalue weighted by Crippen LogP contribution is -2.36. The van der Waals surface area contributed by atoms with E-state index in [0.717, 1.165) is 24.5 Å². The minimum Gasteiger partial charge on any atom is -0.497 e. The van der Waals surface area contributed by atoms with Gasteiger partial charge in [-0.25, -0.2) is 0 Å². The van der Waals surface area contributed by atoms with E-state index in [1.807, 2.05) is 12.1 Å². The molecule has 0 N–H and O–H groups in total. The Labute approximate surface area is 109 Å². The van der Waals surface area contributed by atoms with Gasteiger partial charge in [0.25, 0.3) is 0 Å². The Hall–Kier alpha value is -1.22. The van der Waals surface area contributed by atoms with E-state index in [1.54, 1.807) is 7.11 Å². The highest BCUT2D eigenvalue weighted by atomic mass is 16.5. The third-order valence-electron chi connectivity index (χ3n) is 4.06. The molecular weight excluding hydrogens is 226 g/mol. The van der Waals surface area contributed by atoms with Crippen molar-refractivity contribution in [3.8, 4) is 11.5 Å². The SMILES string of the molecule is COc1ccc2c(c1)C(N1CCCCC1)CCO2. The van der Waals surface area contributed by atoms with Crippen molar-refractivity contribution in [2.45, 2.75) is 31.7 Å². The van der Waals surface area contributed by atoms with E-state index in [-0.39, 0.29) is 0 Å². The van der Waals surface area contributed by atoms with Crippen molar-refractivity contribution in [1.29, 1.82) is 0 Å². The molecular formula is C15H21NO2. The van der Waals surface area contributed by atoms with Gasteiger partial charge in [0.2, 0.25) is 0 Å². The summed E-state index contributed by atoms with van der Waals surface area (Å²) in [6, 6.07) is 6.69. The fourth-order valence-electron chi connectivity index (χ4n) is 3.09. The molecule has 0 aliphatic carbocycles. The second-order valence-electron chi connectivity index (χ2n) is 5.15. The molecule has 2 aliphatic heterocycles. The number of benzene rings is 1. The molecule has 0 saturated carbocycles. The molecule has 3 nitrogen and oxygen atoms in total. The van der Waals surface area contributed by atoms with E-state index >= 15 is 0 Å². The second kappa shape index (κ2) is 5.19. The highest BCUT2D eigenvalue weighted by molar-refractivity contribution is 5.43. The number of methoxy groups -OCH3 is 1. The highest BCUT2D eigenvalue weighted by Gasteiger charge is 2.28. The molecule has 0 aromatic heterocycles. The van der Waals surface area contributed by atoms with Crippen LogP contribution in [-0.4, -0.2) is 31.7 Å². The maximum atomic E-state index is 5.76. The van der Waals surface area contributed by atoms with Crippen LogP contribution in [0.4, 0.5) is 0 Å². The first-order valence-corrected chi connectivity index (χ1v) is 6.93. The predicted octanol–water partition coefficient (Wildman–Crippen LogP) is 3.00. The first-order valence-electron chi connectivity index (χ1n) is 6.93. The van der Waals surface area contributed by atoms with E-state index in [1.165, 1.54) is 37.9 Å². The van der Waals surface area contributed by atoms with E-state index < -0.39 is 0 Å². The number of fused-ring (bicyclic) bond motifs is 1. The van der Waals surface area contributed by atoms with Crippen molar-refractivity contribution in [3.63, 3.8) is 0 Å². The van der Waals surface area contributed by atoms with Crippen LogP contribution in [0.3, 0.4) is 0 Å². The van der Waals surface area contributed by atoms with Gasteiger partial charge in [-0.3, -0.25) is 4.90 Å². The van der Waals surface area contributed by atoms with Gasteiger partial charge >= 0.3 is 0 Å². The summed E-state index contributed by atoms with van der Waals surface area (Å²) in [4.78, 5) is 2.62. The minimum atomic E-state index is 0.518. The lowest BCUT2D eigenvalue weighted by molar-refractivity contribution is 0.119. The van der Waals surface area contributed by atoms with Gasteiger partial charge in [-0.05, 0) is 44.1 Å². The van der Waals surface area contributed by atoms with Gasteiger partial charge in [0, 0.05) is 18.0 Å². The number of piperidine rings is 1. The summed E-state index contributed by atoms with van der Waals surface area (Å²) in [7, 11) is 1.72. The number of nitrogens with zero attached hydrogens (tertiary/aromatic N) is 1. The largest absolute Gasteiger partial charge is 0.497 e. The van der Waals surface area contributed by atoms with Crippen molar-refractivity contribution in [2.24, 2.45) is 0 Å². The molecule has 1 saturated heterocycles. The van der Waals surface area contributed by atoms with Crippen molar-refractivity contribution in [2.75, 3.05) is 26.8 Å². The minimum absolute atomic E-state index is 0.518. The molecule has 2 heterocycles. The van der Waals surface area contributed by atoms with Crippen molar-refractivity contribution < 1.29 is 9.47 Å². The van der Waals surface area contributed by atoms with Crippen LogP contribution in [0, 0.1) is 0 Å². The molecule has 0 bridgehead atoms. The Morgan fingerprint density at radius 2 is 2.06 bits per heavy atom. The van der Waals surface area contributed by atoms with Crippen LogP contribution >= 0.6 is 0 Å². The summed E-state index contributed by atoms with van der Waals surface area (Å²) in [6.07, 6.45) is 5.14. The smallest absolute Gasteiger partial charge is 0.124 e. The van der Waals surface area contributed by atoms with Crippen molar-refractivity contribution >= 4 is 0 Å². The first-order chi connectivity index (χ1) is 8.88. The standard InChI is InChI=1S/C15H21NO2/c1-17-12-5-6-15-13(11-12)14(7-10-18-15)16-8-3-2-4-9-16/h5-6,11,14H,2-4,7-10H2,1H3. The molecule has 3 heteroatoms. The van der Waals surface area contributed by atoms with Crippen LogP contribution < -0.4 is 9.47 Å². The summed E-state index contributed by atoms with van der Waals surface area (Å²) >= 11 is 0. The lowest BCUT2D eigenvalue weighted by atomic mass is 9.96. The molecule has 0 amide bonds. The number of rotatable bonds is 2. The average Bonchev–Trinajstić information content (AvgIpc) is 2.47. The van der Waals surface area contributed by atoms with E-state index in [4.69, 9.17) is 9.47 Å². The quantitative estimate of drug-likeness (QED) is 0.802. The van der Waals surface area contributed by atoms with Gasteiger partial charge in [-0.2, -0.15) is 0 Å². The normalized spacial score (nSPS) is 24.2. The molecule has 1 aromatic carbocycles. The zero-order chi connectivity index (χ0) is 12.4. The number of hydrogen-bond donors (Lipinski definition) is 0. The zero-order valence-electron chi connectivity index (χ0n) is 11.0. The van der Waals surface area contributed by atoms with Crippen LogP contribution in [-0.2, 0) is 0 Å². The molecule has 18 heavy (non-hydrogen) atoms. The second-order valence-corrected chi connectivity index (χ2v) is 5.15. The van der Waals surface area contributed by atoms with Gasteiger partial charge in [0.05, 0.1) is 13.7 Å². The Bertz CT molecular complexity index is 413. The van der Waals surface area contributed by atoms with Crippen molar-refractivity contribution in [3.05, 3.63) is 23.8 Å². The number of ether oxygens (including phenoxy) is 2. The summed E-state index contributed by atoms with van der Waals surface area (Å²) in [5, 5.41) is 0. The van der Waals surface area contributed by atoms with Crippen LogP contribution in [0.25, 0.3) is 0 Å². The van der Waals surface area contributed by atoms with Gasteiger partial charge in [0.15, 0.2) is 0 Å². The van der Waals surface area contributed by atoms with E-state index in [2.05, 4.69) is 11.0 Å². The van der Waals surface area contributed by atoms with Gasteiger partial charge < -0.3 is 9.47 Å². The van der Waals surface area contributed by atoms with E-state index in [9.17, 15) is 0 Å². The maximum absolute atomic E-state index is 5.76. The lowest BCUT2D eigenvalue weighted by Gasteiger charge is -2.38. The van der Waals surface area contributed by atoms with Crippen LogP contribution in [0.2, 0.25) is 0 Å². The highest BCUT2D eigenvalue weighted by Crippen LogP contribution is 2.39. The molecule has 2 aliphatic rings.